The summed E-state index contributed by atoms with van der Waals surface area (Å²) in [7, 11) is -1.82. The van der Waals surface area contributed by atoms with Crippen molar-refractivity contribution in [3.8, 4) is 0 Å². The minimum absolute atomic E-state index is 0.0560. The molecule has 2 aliphatic rings. The van der Waals surface area contributed by atoms with Gasteiger partial charge in [-0.3, -0.25) is 0 Å². The first-order valence-corrected chi connectivity index (χ1v) is 9.26. The maximum atomic E-state index is 12.9. The number of rotatable bonds is 6. The Morgan fingerprint density at radius 3 is 3.04 bits per heavy atom. The zero-order valence-electron chi connectivity index (χ0n) is 13.3. The van der Waals surface area contributed by atoms with Gasteiger partial charge in [0, 0.05) is 26.4 Å². The van der Waals surface area contributed by atoms with Crippen molar-refractivity contribution in [1.82, 2.24) is 13.9 Å². The predicted molar refractivity (Wildman–Crippen MR) is 84.4 cm³/mol. The molecule has 3 unspecified atom stereocenters. The molecule has 128 valence electrons. The number of ether oxygens (including phenoxy) is 2. The van der Waals surface area contributed by atoms with Gasteiger partial charge in [-0.2, -0.15) is 4.31 Å². The van der Waals surface area contributed by atoms with Crippen LogP contribution >= 0.6 is 0 Å². The monoisotopic (exact) mass is 341 g/mol. The Labute approximate surface area is 136 Å². The van der Waals surface area contributed by atoms with E-state index in [0.29, 0.717) is 32.3 Å². The third-order valence-corrected chi connectivity index (χ3v) is 6.24. The maximum absolute atomic E-state index is 12.9. The molecular weight excluding hydrogens is 318 g/mol. The van der Waals surface area contributed by atoms with Gasteiger partial charge in [0.05, 0.1) is 31.7 Å². The van der Waals surface area contributed by atoms with Crippen LogP contribution in [0.1, 0.15) is 12.8 Å². The quantitative estimate of drug-likeness (QED) is 0.565. The number of nitrogens with zero attached hydrogens (tertiary/aromatic N) is 3. The lowest BCUT2D eigenvalue weighted by molar-refractivity contribution is -0.0252. The predicted octanol–water partition coefficient (Wildman–Crippen LogP) is 0.791. The fourth-order valence-corrected chi connectivity index (χ4v) is 5.03. The minimum Gasteiger partial charge on any atom is -0.377 e. The second kappa shape index (κ2) is 6.72. The lowest BCUT2D eigenvalue weighted by atomic mass is 10.1. The Balaban J connectivity index is 1.74. The summed E-state index contributed by atoms with van der Waals surface area (Å²) in [6.07, 6.45) is 6.30. The van der Waals surface area contributed by atoms with Crippen molar-refractivity contribution in [3.63, 3.8) is 0 Å². The molecule has 1 saturated carbocycles. The highest BCUT2D eigenvalue weighted by molar-refractivity contribution is 7.89. The van der Waals surface area contributed by atoms with E-state index >= 15 is 0 Å². The molecule has 1 aromatic rings. The van der Waals surface area contributed by atoms with Crippen LogP contribution in [0.25, 0.3) is 0 Å². The van der Waals surface area contributed by atoms with Crippen molar-refractivity contribution in [2.75, 3.05) is 26.4 Å². The number of hydrogen-bond donors (Lipinski definition) is 0. The fourth-order valence-electron chi connectivity index (χ4n) is 3.41. The normalized spacial score (nSPS) is 28.7. The molecule has 0 bridgehead atoms. The molecule has 7 nitrogen and oxygen atoms in total. The topological polar surface area (TPSA) is 73.7 Å². The lowest BCUT2D eigenvalue weighted by Crippen LogP contribution is -2.51. The van der Waals surface area contributed by atoms with Gasteiger partial charge in [-0.05, 0) is 18.8 Å². The van der Waals surface area contributed by atoms with Crippen LogP contribution in [0.15, 0.2) is 30.2 Å². The molecule has 1 aromatic heterocycles. The van der Waals surface area contributed by atoms with Crippen molar-refractivity contribution >= 4 is 10.0 Å². The zero-order chi connectivity index (χ0) is 16.4. The summed E-state index contributed by atoms with van der Waals surface area (Å²) in [6, 6.07) is -0.131. The number of morpholine rings is 1. The summed E-state index contributed by atoms with van der Waals surface area (Å²) < 4.78 is 40.3. The fraction of sp³-hybridized carbons (Fsp3) is 0.667. The van der Waals surface area contributed by atoms with Crippen LogP contribution in [-0.2, 0) is 26.5 Å². The first-order valence-electron chi connectivity index (χ1n) is 7.82. The van der Waals surface area contributed by atoms with E-state index in [4.69, 9.17) is 9.47 Å². The Bertz CT molecular complexity index is 657. The van der Waals surface area contributed by atoms with Crippen molar-refractivity contribution < 1.29 is 17.9 Å². The van der Waals surface area contributed by atoms with Crippen LogP contribution in [0.5, 0.6) is 0 Å². The van der Waals surface area contributed by atoms with E-state index in [0.717, 1.165) is 12.8 Å². The zero-order valence-corrected chi connectivity index (χ0v) is 14.1. The smallest absolute Gasteiger partial charge is 0.262 e. The summed E-state index contributed by atoms with van der Waals surface area (Å²) >= 11 is 0. The number of aromatic nitrogens is 2. The first-order chi connectivity index (χ1) is 11.0. The third-order valence-electron chi connectivity index (χ3n) is 4.43. The number of hydrogen-bond acceptors (Lipinski definition) is 5. The number of sulfonamides is 1. The molecular formula is C15H23N3O4S. The van der Waals surface area contributed by atoms with Gasteiger partial charge in [-0.1, -0.05) is 6.08 Å². The number of fused-ring (bicyclic) bond motifs is 1. The van der Waals surface area contributed by atoms with E-state index in [1.807, 2.05) is 0 Å². The summed E-state index contributed by atoms with van der Waals surface area (Å²) in [5.74, 6) is 0.310. The Morgan fingerprint density at radius 2 is 2.35 bits per heavy atom. The molecule has 0 aromatic carbocycles. The molecule has 2 fully saturated rings. The highest BCUT2D eigenvalue weighted by Gasteiger charge is 2.46. The number of aryl methyl sites for hydroxylation is 1. The molecule has 0 radical (unpaired) electrons. The lowest BCUT2D eigenvalue weighted by Gasteiger charge is -2.35. The van der Waals surface area contributed by atoms with Gasteiger partial charge in [-0.15, -0.1) is 6.58 Å². The summed E-state index contributed by atoms with van der Waals surface area (Å²) in [5, 5.41) is 0.104. The Morgan fingerprint density at radius 1 is 1.52 bits per heavy atom. The van der Waals surface area contributed by atoms with Gasteiger partial charge >= 0.3 is 0 Å². The van der Waals surface area contributed by atoms with Gasteiger partial charge in [0.25, 0.3) is 10.0 Å². The van der Waals surface area contributed by atoms with E-state index in [-0.39, 0.29) is 17.2 Å². The molecule has 8 heteroatoms. The van der Waals surface area contributed by atoms with Crippen LogP contribution in [-0.4, -0.2) is 60.8 Å². The molecule has 3 atom stereocenters. The molecule has 2 heterocycles. The van der Waals surface area contributed by atoms with E-state index in [1.54, 1.807) is 28.2 Å². The summed E-state index contributed by atoms with van der Waals surface area (Å²) in [5.41, 5.74) is 0. The van der Waals surface area contributed by atoms with Gasteiger partial charge < -0.3 is 14.0 Å². The standard InChI is InChI=1S/C15H23N3O4S/c1-3-5-21-10-12-7-13-14(8-12)22-6-4-18(13)23(19,20)15-9-17(2)11-16-15/h3,9,11-14H,1,4-8,10H2,2H3. The molecule has 1 aliphatic carbocycles. The summed E-state index contributed by atoms with van der Waals surface area (Å²) in [6.45, 7) is 5.56. The molecule has 0 N–H and O–H groups in total. The highest BCUT2D eigenvalue weighted by atomic mass is 32.2. The van der Waals surface area contributed by atoms with Gasteiger partial charge in [0.2, 0.25) is 0 Å². The molecule has 0 amide bonds. The molecule has 3 rings (SSSR count). The van der Waals surface area contributed by atoms with Crippen LogP contribution in [0.3, 0.4) is 0 Å². The van der Waals surface area contributed by atoms with Crippen LogP contribution in [0, 0.1) is 5.92 Å². The second-order valence-electron chi connectivity index (χ2n) is 6.13. The van der Waals surface area contributed by atoms with Crippen molar-refractivity contribution in [2.45, 2.75) is 30.0 Å². The maximum Gasteiger partial charge on any atom is 0.262 e. The first kappa shape index (κ1) is 16.6. The second-order valence-corrected chi connectivity index (χ2v) is 7.97. The van der Waals surface area contributed by atoms with Crippen LogP contribution < -0.4 is 0 Å². The van der Waals surface area contributed by atoms with E-state index in [1.165, 1.54) is 6.33 Å². The van der Waals surface area contributed by atoms with E-state index in [2.05, 4.69) is 11.6 Å². The van der Waals surface area contributed by atoms with E-state index < -0.39 is 10.0 Å². The van der Waals surface area contributed by atoms with Crippen molar-refractivity contribution in [3.05, 3.63) is 25.2 Å². The van der Waals surface area contributed by atoms with E-state index in [9.17, 15) is 8.42 Å². The van der Waals surface area contributed by atoms with Gasteiger partial charge in [0.1, 0.15) is 0 Å². The van der Waals surface area contributed by atoms with Crippen molar-refractivity contribution in [2.24, 2.45) is 13.0 Å². The molecule has 1 aliphatic heterocycles. The third kappa shape index (κ3) is 3.35. The van der Waals surface area contributed by atoms with Crippen LogP contribution in [0.2, 0.25) is 0 Å². The average Bonchev–Trinajstić information content (AvgIpc) is 3.13. The largest absolute Gasteiger partial charge is 0.377 e. The number of imidazole rings is 1. The SMILES string of the molecule is C=CCOCC1CC2OCCN(S(=O)(=O)c3cn(C)cn3)C2C1. The Kier molecular flexibility index (Phi) is 4.86. The van der Waals surface area contributed by atoms with Gasteiger partial charge in [-0.25, -0.2) is 13.4 Å². The van der Waals surface area contributed by atoms with Gasteiger partial charge in [0.15, 0.2) is 5.03 Å². The highest BCUT2D eigenvalue weighted by Crippen LogP contribution is 2.36. The minimum atomic E-state index is -3.58. The molecule has 1 saturated heterocycles. The van der Waals surface area contributed by atoms with Crippen LogP contribution in [0.4, 0.5) is 0 Å². The average molecular weight is 341 g/mol. The molecule has 23 heavy (non-hydrogen) atoms. The van der Waals surface area contributed by atoms with Crippen molar-refractivity contribution in [1.29, 1.82) is 0 Å². The summed E-state index contributed by atoms with van der Waals surface area (Å²) in [4.78, 5) is 4.01. The Hall–Kier alpha value is -1.22. The molecule has 0 spiro atoms.